The highest BCUT2D eigenvalue weighted by Crippen LogP contribution is 2.37. The van der Waals surface area contributed by atoms with Gasteiger partial charge in [-0.1, -0.05) is 46.0 Å². The summed E-state index contributed by atoms with van der Waals surface area (Å²) in [4.78, 5) is 0. The Kier molecular flexibility index (Phi) is 4.94. The van der Waals surface area contributed by atoms with Crippen molar-refractivity contribution < 1.29 is 5.11 Å². The van der Waals surface area contributed by atoms with E-state index in [0.29, 0.717) is 5.92 Å². The minimum Gasteiger partial charge on any atom is -0.393 e. The highest BCUT2D eigenvalue weighted by atomic mass is 16.3. The van der Waals surface area contributed by atoms with Crippen molar-refractivity contribution in [3.63, 3.8) is 0 Å². The van der Waals surface area contributed by atoms with Crippen LogP contribution in [-0.2, 0) is 0 Å². The molecule has 1 heteroatoms. The standard InChI is InChI=1S/C13H26O/c1-4-11-7-6-8-12(9-11)13(5-2)10(3)14/h10-14H,4-9H2,1-3H3. The second kappa shape index (κ2) is 5.75. The molecule has 0 aromatic rings. The molecule has 1 N–H and O–H groups in total. The van der Waals surface area contributed by atoms with E-state index in [1.54, 1.807) is 0 Å². The van der Waals surface area contributed by atoms with E-state index < -0.39 is 0 Å². The van der Waals surface area contributed by atoms with E-state index in [1.165, 1.54) is 32.1 Å². The van der Waals surface area contributed by atoms with Gasteiger partial charge in [-0.15, -0.1) is 0 Å². The Hall–Kier alpha value is -0.0400. The topological polar surface area (TPSA) is 20.2 Å². The molecule has 1 aliphatic carbocycles. The lowest BCUT2D eigenvalue weighted by molar-refractivity contribution is 0.0583. The summed E-state index contributed by atoms with van der Waals surface area (Å²) in [6.07, 6.45) is 7.86. The lowest BCUT2D eigenvalue weighted by atomic mass is 9.72. The molecule has 4 unspecified atom stereocenters. The van der Waals surface area contributed by atoms with E-state index >= 15 is 0 Å². The molecule has 0 amide bonds. The zero-order valence-corrected chi connectivity index (χ0v) is 10.00. The molecular formula is C13H26O. The van der Waals surface area contributed by atoms with E-state index in [1.807, 2.05) is 6.92 Å². The summed E-state index contributed by atoms with van der Waals surface area (Å²) in [5.74, 6) is 2.27. The van der Waals surface area contributed by atoms with Crippen LogP contribution in [0, 0.1) is 17.8 Å². The summed E-state index contributed by atoms with van der Waals surface area (Å²) in [5.41, 5.74) is 0. The second-order valence-electron chi connectivity index (χ2n) is 5.01. The first-order valence-electron chi connectivity index (χ1n) is 6.37. The van der Waals surface area contributed by atoms with Crippen LogP contribution in [0.5, 0.6) is 0 Å². The Bertz CT molecular complexity index is 153. The number of aliphatic hydroxyl groups is 1. The first kappa shape index (κ1) is 12.0. The van der Waals surface area contributed by atoms with E-state index in [2.05, 4.69) is 13.8 Å². The highest BCUT2D eigenvalue weighted by Gasteiger charge is 2.29. The summed E-state index contributed by atoms with van der Waals surface area (Å²) >= 11 is 0. The number of aliphatic hydroxyl groups excluding tert-OH is 1. The van der Waals surface area contributed by atoms with Gasteiger partial charge >= 0.3 is 0 Å². The van der Waals surface area contributed by atoms with Gasteiger partial charge in [-0.25, -0.2) is 0 Å². The van der Waals surface area contributed by atoms with E-state index in [0.717, 1.165) is 18.3 Å². The summed E-state index contributed by atoms with van der Waals surface area (Å²) in [6, 6.07) is 0. The van der Waals surface area contributed by atoms with Crippen LogP contribution >= 0.6 is 0 Å². The molecule has 0 bridgehead atoms. The maximum atomic E-state index is 9.72. The van der Waals surface area contributed by atoms with Crippen LogP contribution in [-0.4, -0.2) is 11.2 Å². The van der Waals surface area contributed by atoms with Crippen molar-refractivity contribution in [1.29, 1.82) is 0 Å². The van der Waals surface area contributed by atoms with Crippen molar-refractivity contribution in [3.05, 3.63) is 0 Å². The fraction of sp³-hybridized carbons (Fsp3) is 1.00. The molecule has 0 heterocycles. The Balaban J connectivity index is 2.48. The molecule has 14 heavy (non-hydrogen) atoms. The van der Waals surface area contributed by atoms with Gasteiger partial charge in [0.25, 0.3) is 0 Å². The Morgan fingerprint density at radius 2 is 2.00 bits per heavy atom. The highest BCUT2D eigenvalue weighted by molar-refractivity contribution is 4.79. The molecule has 1 rings (SSSR count). The molecule has 0 spiro atoms. The molecule has 1 nitrogen and oxygen atoms in total. The van der Waals surface area contributed by atoms with Crippen molar-refractivity contribution in [2.75, 3.05) is 0 Å². The molecule has 0 aliphatic heterocycles. The van der Waals surface area contributed by atoms with Gasteiger partial charge in [0.1, 0.15) is 0 Å². The van der Waals surface area contributed by atoms with E-state index in [9.17, 15) is 5.11 Å². The first-order chi connectivity index (χ1) is 6.69. The molecule has 4 atom stereocenters. The van der Waals surface area contributed by atoms with Gasteiger partial charge in [-0.2, -0.15) is 0 Å². The Labute approximate surface area is 88.9 Å². The van der Waals surface area contributed by atoms with Gasteiger partial charge in [-0.3, -0.25) is 0 Å². The van der Waals surface area contributed by atoms with Crippen LogP contribution in [0.25, 0.3) is 0 Å². The van der Waals surface area contributed by atoms with Crippen LogP contribution in [0.4, 0.5) is 0 Å². The predicted molar refractivity (Wildman–Crippen MR) is 61.2 cm³/mol. The number of rotatable bonds is 4. The van der Waals surface area contributed by atoms with Crippen LogP contribution < -0.4 is 0 Å². The van der Waals surface area contributed by atoms with Crippen molar-refractivity contribution in [2.24, 2.45) is 17.8 Å². The summed E-state index contributed by atoms with van der Waals surface area (Å²) < 4.78 is 0. The van der Waals surface area contributed by atoms with Crippen LogP contribution in [0.15, 0.2) is 0 Å². The zero-order valence-electron chi connectivity index (χ0n) is 10.00. The lowest BCUT2D eigenvalue weighted by Gasteiger charge is -2.35. The number of hydrogen-bond donors (Lipinski definition) is 1. The fourth-order valence-electron chi connectivity index (χ4n) is 3.16. The van der Waals surface area contributed by atoms with Crippen LogP contribution in [0.1, 0.15) is 59.3 Å². The third-order valence-corrected chi connectivity index (χ3v) is 4.10. The summed E-state index contributed by atoms with van der Waals surface area (Å²) in [7, 11) is 0. The molecule has 0 aromatic heterocycles. The van der Waals surface area contributed by atoms with Crippen molar-refractivity contribution in [1.82, 2.24) is 0 Å². The summed E-state index contributed by atoms with van der Waals surface area (Å²) in [6.45, 7) is 6.48. The second-order valence-corrected chi connectivity index (χ2v) is 5.01. The van der Waals surface area contributed by atoms with Crippen molar-refractivity contribution in [3.8, 4) is 0 Å². The molecule has 0 saturated heterocycles. The predicted octanol–water partition coefficient (Wildman–Crippen LogP) is 3.61. The monoisotopic (exact) mass is 198 g/mol. The van der Waals surface area contributed by atoms with E-state index in [-0.39, 0.29) is 6.10 Å². The number of hydrogen-bond acceptors (Lipinski definition) is 1. The quantitative estimate of drug-likeness (QED) is 0.731. The molecule has 1 aliphatic rings. The molecule has 0 radical (unpaired) electrons. The molecule has 1 fully saturated rings. The maximum Gasteiger partial charge on any atom is 0.0542 e. The Morgan fingerprint density at radius 3 is 2.50 bits per heavy atom. The third-order valence-electron chi connectivity index (χ3n) is 4.10. The molecule has 84 valence electrons. The fourth-order valence-corrected chi connectivity index (χ4v) is 3.16. The van der Waals surface area contributed by atoms with Crippen LogP contribution in [0.2, 0.25) is 0 Å². The van der Waals surface area contributed by atoms with Gasteiger partial charge < -0.3 is 5.11 Å². The zero-order chi connectivity index (χ0) is 10.6. The first-order valence-corrected chi connectivity index (χ1v) is 6.37. The summed E-state index contributed by atoms with van der Waals surface area (Å²) in [5, 5.41) is 9.72. The molecular weight excluding hydrogens is 172 g/mol. The SMILES string of the molecule is CCC1CCCC(C(CC)C(C)O)C1. The average Bonchev–Trinajstić information content (AvgIpc) is 2.19. The Morgan fingerprint density at radius 1 is 1.29 bits per heavy atom. The van der Waals surface area contributed by atoms with E-state index in [4.69, 9.17) is 0 Å². The van der Waals surface area contributed by atoms with Gasteiger partial charge in [0.05, 0.1) is 6.10 Å². The van der Waals surface area contributed by atoms with Crippen molar-refractivity contribution in [2.45, 2.75) is 65.4 Å². The van der Waals surface area contributed by atoms with Gasteiger partial charge in [0.2, 0.25) is 0 Å². The lowest BCUT2D eigenvalue weighted by Crippen LogP contribution is -2.29. The van der Waals surface area contributed by atoms with Gasteiger partial charge in [-0.05, 0) is 31.1 Å². The van der Waals surface area contributed by atoms with Crippen molar-refractivity contribution >= 4 is 0 Å². The van der Waals surface area contributed by atoms with Gasteiger partial charge in [0, 0.05) is 0 Å². The molecule has 1 saturated carbocycles. The normalized spacial score (nSPS) is 32.6. The average molecular weight is 198 g/mol. The minimum atomic E-state index is -0.111. The van der Waals surface area contributed by atoms with Gasteiger partial charge in [0.15, 0.2) is 0 Å². The smallest absolute Gasteiger partial charge is 0.0542 e. The minimum absolute atomic E-state index is 0.111. The third kappa shape index (κ3) is 2.98. The van der Waals surface area contributed by atoms with Crippen LogP contribution in [0.3, 0.4) is 0 Å². The molecule has 0 aromatic carbocycles. The largest absolute Gasteiger partial charge is 0.393 e. The maximum absolute atomic E-state index is 9.72.